The summed E-state index contributed by atoms with van der Waals surface area (Å²) in [5.74, 6) is 0.331. The van der Waals surface area contributed by atoms with Crippen molar-refractivity contribution in [3.63, 3.8) is 0 Å². The van der Waals surface area contributed by atoms with E-state index in [1.807, 2.05) is 17.0 Å². The second kappa shape index (κ2) is 6.40. The lowest BCUT2D eigenvalue weighted by atomic mass is 9.86. The van der Waals surface area contributed by atoms with Gasteiger partial charge in [-0.05, 0) is 53.8 Å². The van der Waals surface area contributed by atoms with E-state index in [0.717, 1.165) is 24.2 Å². The minimum absolute atomic E-state index is 0.0294. The smallest absolute Gasteiger partial charge is 0.225 e. The summed E-state index contributed by atoms with van der Waals surface area (Å²) in [6, 6.07) is 11.8. The van der Waals surface area contributed by atoms with Crippen molar-refractivity contribution in [3.05, 3.63) is 65.0 Å². The summed E-state index contributed by atoms with van der Waals surface area (Å²) in [5, 5.41) is 10.3. The molecule has 1 aliphatic heterocycles. The molecule has 1 fully saturated rings. The van der Waals surface area contributed by atoms with Gasteiger partial charge in [-0.15, -0.1) is 0 Å². The number of methoxy groups -OCH3 is 1. The van der Waals surface area contributed by atoms with Crippen molar-refractivity contribution in [2.24, 2.45) is 0 Å². The second-order valence-electron chi connectivity index (χ2n) is 7.33. The molecule has 4 nitrogen and oxygen atoms in total. The van der Waals surface area contributed by atoms with Crippen LogP contribution < -0.4 is 4.74 Å². The molecule has 5 heteroatoms. The van der Waals surface area contributed by atoms with Crippen molar-refractivity contribution >= 4 is 5.91 Å². The summed E-state index contributed by atoms with van der Waals surface area (Å²) >= 11 is 0. The Kier molecular flexibility index (Phi) is 4.19. The highest BCUT2D eigenvalue weighted by Crippen LogP contribution is 2.53. The molecule has 1 heterocycles. The molecule has 1 aliphatic carbocycles. The summed E-state index contributed by atoms with van der Waals surface area (Å²) in [6.07, 6.45) is 1.09. The Morgan fingerprint density at radius 2 is 2.12 bits per heavy atom. The number of rotatable bonds is 4. The molecule has 136 valence electrons. The van der Waals surface area contributed by atoms with Gasteiger partial charge in [-0.3, -0.25) is 4.79 Å². The van der Waals surface area contributed by atoms with Crippen LogP contribution in [0.1, 0.15) is 42.1 Å². The number of fused-ring (bicyclic) bond motifs is 2. The van der Waals surface area contributed by atoms with E-state index in [1.54, 1.807) is 19.2 Å². The number of halogens is 1. The third kappa shape index (κ3) is 3.07. The zero-order valence-electron chi connectivity index (χ0n) is 14.7. The van der Waals surface area contributed by atoms with Crippen LogP contribution in [0.25, 0.3) is 0 Å². The summed E-state index contributed by atoms with van der Waals surface area (Å²) in [7, 11) is 1.66. The van der Waals surface area contributed by atoms with Gasteiger partial charge in [-0.1, -0.05) is 18.2 Å². The Labute approximate surface area is 152 Å². The number of nitrogens with zero attached hydrogens (tertiary/aromatic N) is 1. The van der Waals surface area contributed by atoms with Gasteiger partial charge in [0.2, 0.25) is 5.91 Å². The lowest BCUT2D eigenvalue weighted by Crippen LogP contribution is -2.42. The number of ether oxygens (including phenoxy) is 1. The van der Waals surface area contributed by atoms with E-state index < -0.39 is 11.9 Å². The number of hydrogen-bond donors (Lipinski definition) is 1. The standard InChI is InChI=1S/C21H22FNO3/c1-26-17-6-5-15-12-23(13-21(7-8-21)18(15)10-17)20(25)11-19(24)14-3-2-4-16(22)9-14/h2-6,9-10,19,24H,7-8,11-13H2,1H3. The quantitative estimate of drug-likeness (QED) is 0.915. The maximum absolute atomic E-state index is 13.3. The third-order valence-corrected chi connectivity index (χ3v) is 5.55. The maximum Gasteiger partial charge on any atom is 0.225 e. The molecular weight excluding hydrogens is 333 g/mol. The third-order valence-electron chi connectivity index (χ3n) is 5.55. The number of aliphatic hydroxyl groups is 1. The van der Waals surface area contributed by atoms with E-state index >= 15 is 0 Å². The lowest BCUT2D eigenvalue weighted by molar-refractivity contribution is -0.134. The first-order chi connectivity index (χ1) is 12.5. The molecule has 0 saturated heterocycles. The molecule has 1 spiro atoms. The van der Waals surface area contributed by atoms with Crippen LogP contribution in [-0.2, 0) is 16.8 Å². The molecule has 2 aromatic carbocycles. The van der Waals surface area contributed by atoms with Gasteiger partial charge in [0.25, 0.3) is 0 Å². The monoisotopic (exact) mass is 355 g/mol. The van der Waals surface area contributed by atoms with Crippen molar-refractivity contribution in [3.8, 4) is 5.75 Å². The van der Waals surface area contributed by atoms with E-state index in [4.69, 9.17) is 4.74 Å². The average Bonchev–Trinajstić information content (AvgIpc) is 3.41. The van der Waals surface area contributed by atoms with Gasteiger partial charge in [0.05, 0.1) is 19.6 Å². The minimum atomic E-state index is -0.995. The maximum atomic E-state index is 13.3. The highest BCUT2D eigenvalue weighted by atomic mass is 19.1. The topological polar surface area (TPSA) is 49.8 Å². The van der Waals surface area contributed by atoms with Crippen LogP contribution in [0.3, 0.4) is 0 Å². The highest BCUT2D eigenvalue weighted by Gasteiger charge is 2.50. The number of hydrogen-bond acceptors (Lipinski definition) is 3. The second-order valence-corrected chi connectivity index (χ2v) is 7.33. The fourth-order valence-electron chi connectivity index (χ4n) is 3.91. The van der Waals surface area contributed by atoms with Crippen LogP contribution in [-0.4, -0.2) is 29.6 Å². The van der Waals surface area contributed by atoms with E-state index in [1.165, 1.54) is 17.7 Å². The fraction of sp³-hybridized carbons (Fsp3) is 0.381. The number of carbonyl (C=O) groups is 1. The first-order valence-corrected chi connectivity index (χ1v) is 8.89. The minimum Gasteiger partial charge on any atom is -0.497 e. The Bertz CT molecular complexity index is 847. The molecule has 2 aliphatic rings. The van der Waals surface area contributed by atoms with Crippen LogP contribution in [0.5, 0.6) is 5.75 Å². The van der Waals surface area contributed by atoms with Gasteiger partial charge in [0.15, 0.2) is 0 Å². The molecule has 1 saturated carbocycles. The van der Waals surface area contributed by atoms with Gasteiger partial charge in [-0.2, -0.15) is 0 Å². The molecular formula is C21H22FNO3. The number of benzene rings is 2. The van der Waals surface area contributed by atoms with Crippen LogP contribution >= 0.6 is 0 Å². The van der Waals surface area contributed by atoms with Crippen LogP contribution in [0.4, 0.5) is 4.39 Å². The predicted molar refractivity (Wildman–Crippen MR) is 95.3 cm³/mol. The summed E-state index contributed by atoms with van der Waals surface area (Å²) < 4.78 is 18.7. The van der Waals surface area contributed by atoms with Gasteiger partial charge in [0, 0.05) is 18.5 Å². The fourth-order valence-corrected chi connectivity index (χ4v) is 3.91. The van der Waals surface area contributed by atoms with Crippen molar-refractivity contribution in [1.29, 1.82) is 0 Å². The van der Waals surface area contributed by atoms with Gasteiger partial charge >= 0.3 is 0 Å². The number of aliphatic hydroxyl groups excluding tert-OH is 1. The molecule has 1 N–H and O–H groups in total. The molecule has 26 heavy (non-hydrogen) atoms. The average molecular weight is 355 g/mol. The summed E-state index contributed by atoms with van der Waals surface area (Å²) in [6.45, 7) is 1.21. The summed E-state index contributed by atoms with van der Waals surface area (Å²) in [5.41, 5.74) is 2.89. The van der Waals surface area contributed by atoms with Gasteiger partial charge in [-0.25, -0.2) is 4.39 Å². The number of carbonyl (C=O) groups excluding carboxylic acids is 1. The molecule has 0 radical (unpaired) electrons. The zero-order chi connectivity index (χ0) is 18.3. The summed E-state index contributed by atoms with van der Waals surface area (Å²) in [4.78, 5) is 14.6. The Balaban J connectivity index is 1.51. The van der Waals surface area contributed by atoms with Crippen molar-refractivity contribution in [2.45, 2.75) is 37.3 Å². The molecule has 1 amide bonds. The van der Waals surface area contributed by atoms with Crippen molar-refractivity contribution in [2.75, 3.05) is 13.7 Å². The van der Waals surface area contributed by atoms with Crippen molar-refractivity contribution < 1.29 is 19.0 Å². The highest BCUT2D eigenvalue weighted by molar-refractivity contribution is 5.77. The molecule has 0 aromatic heterocycles. The SMILES string of the molecule is COc1ccc2c(c1)C1(CC1)CN(C(=O)CC(O)c1cccc(F)c1)C2. The molecule has 4 rings (SSSR count). The molecule has 1 unspecified atom stereocenters. The van der Waals surface area contributed by atoms with Crippen LogP contribution in [0.2, 0.25) is 0 Å². The Hall–Kier alpha value is -2.40. The van der Waals surface area contributed by atoms with E-state index in [0.29, 0.717) is 18.7 Å². The Morgan fingerprint density at radius 3 is 2.81 bits per heavy atom. The molecule has 1 atom stereocenters. The molecule has 0 bridgehead atoms. The largest absolute Gasteiger partial charge is 0.497 e. The Morgan fingerprint density at radius 1 is 1.31 bits per heavy atom. The lowest BCUT2D eigenvalue weighted by Gasteiger charge is -2.35. The van der Waals surface area contributed by atoms with E-state index in [-0.39, 0.29) is 17.7 Å². The number of amides is 1. The first kappa shape index (κ1) is 17.0. The van der Waals surface area contributed by atoms with Crippen molar-refractivity contribution in [1.82, 2.24) is 4.90 Å². The van der Waals surface area contributed by atoms with Gasteiger partial charge < -0.3 is 14.7 Å². The molecule has 2 aromatic rings. The van der Waals surface area contributed by atoms with Gasteiger partial charge in [0.1, 0.15) is 11.6 Å². The van der Waals surface area contributed by atoms with E-state index in [2.05, 4.69) is 6.07 Å². The first-order valence-electron chi connectivity index (χ1n) is 8.89. The predicted octanol–water partition coefficient (Wildman–Crippen LogP) is 3.33. The van der Waals surface area contributed by atoms with Crippen LogP contribution in [0, 0.1) is 5.82 Å². The van der Waals surface area contributed by atoms with E-state index in [9.17, 15) is 14.3 Å². The zero-order valence-corrected chi connectivity index (χ0v) is 14.7. The normalized spacial score (nSPS) is 18.3. The van der Waals surface area contributed by atoms with Crippen LogP contribution in [0.15, 0.2) is 42.5 Å².